The van der Waals surface area contributed by atoms with Crippen LogP contribution in [-0.2, 0) is 4.79 Å². The van der Waals surface area contributed by atoms with E-state index in [-0.39, 0.29) is 0 Å². The van der Waals surface area contributed by atoms with Crippen molar-refractivity contribution in [2.75, 3.05) is 0 Å². The Labute approximate surface area is 54.8 Å². The fourth-order valence-electron chi connectivity index (χ4n) is 1.71. The zero-order valence-corrected chi connectivity index (χ0v) is 5.26. The highest BCUT2D eigenvalue weighted by atomic mass is 16.1. The average molecular weight is 121 g/mol. The molecule has 2 bridgehead atoms. The molecule has 1 heteroatoms. The lowest BCUT2D eigenvalue weighted by Crippen LogP contribution is -2.11. The first kappa shape index (κ1) is 5.21. The normalized spacial score (nSPS) is 39.8. The number of hydrogen-bond acceptors (Lipinski definition) is 1. The molecule has 2 aliphatic rings. The van der Waals surface area contributed by atoms with Gasteiger partial charge in [0.05, 0.1) is 0 Å². The summed E-state index contributed by atoms with van der Waals surface area (Å²) in [6.45, 7) is 0. The molecule has 1 saturated carbocycles. The second-order valence-electron chi connectivity index (χ2n) is 2.92. The summed E-state index contributed by atoms with van der Waals surface area (Å²) in [4.78, 5) is 10.9. The van der Waals surface area contributed by atoms with Crippen molar-refractivity contribution in [1.82, 2.24) is 0 Å². The van der Waals surface area contributed by atoms with Gasteiger partial charge >= 0.3 is 0 Å². The summed E-state index contributed by atoms with van der Waals surface area (Å²) in [6, 6.07) is 0. The Balaban J connectivity index is 2.29. The van der Waals surface area contributed by atoms with Crippen LogP contribution in [0.2, 0.25) is 0 Å². The van der Waals surface area contributed by atoms with Gasteiger partial charge in [-0.2, -0.15) is 0 Å². The molecule has 0 heterocycles. The summed E-state index contributed by atoms with van der Waals surface area (Å²) in [5.74, 6) is 1.30. The lowest BCUT2D eigenvalue weighted by atomic mass is 9.95. The molecule has 0 spiro atoms. The van der Waals surface area contributed by atoms with Crippen molar-refractivity contribution in [1.29, 1.82) is 0 Å². The predicted molar refractivity (Wildman–Crippen MR) is 33.7 cm³/mol. The van der Waals surface area contributed by atoms with E-state index < -0.39 is 0 Å². The van der Waals surface area contributed by atoms with Gasteiger partial charge < -0.3 is 0 Å². The van der Waals surface area contributed by atoms with E-state index >= 15 is 0 Å². The maximum Gasteiger partial charge on any atom is 0.159 e. The number of hydrogen-bond donors (Lipinski definition) is 0. The minimum Gasteiger partial charge on any atom is -0.295 e. The van der Waals surface area contributed by atoms with Crippen molar-refractivity contribution in [2.45, 2.75) is 19.3 Å². The quantitative estimate of drug-likeness (QED) is 0.472. The fraction of sp³-hybridized carbons (Fsp3) is 0.625. The molecule has 1 radical (unpaired) electrons. The second-order valence-corrected chi connectivity index (χ2v) is 2.92. The highest BCUT2D eigenvalue weighted by Gasteiger charge is 2.30. The number of ketones is 1. The van der Waals surface area contributed by atoms with Gasteiger partial charge in [-0.15, -0.1) is 0 Å². The van der Waals surface area contributed by atoms with Gasteiger partial charge in [0.15, 0.2) is 5.78 Å². The molecule has 2 atom stereocenters. The molecule has 2 aliphatic carbocycles. The summed E-state index contributed by atoms with van der Waals surface area (Å²) in [7, 11) is 0. The Morgan fingerprint density at radius 2 is 2.44 bits per heavy atom. The molecule has 1 nitrogen and oxygen atoms in total. The number of carbonyl (C=O) groups excluding carboxylic acids is 1. The largest absolute Gasteiger partial charge is 0.295 e. The van der Waals surface area contributed by atoms with Gasteiger partial charge in [-0.25, -0.2) is 0 Å². The van der Waals surface area contributed by atoms with E-state index in [0.29, 0.717) is 17.6 Å². The Bertz CT molecular complexity index is 169. The average Bonchev–Trinajstić information content (AvgIpc) is 2.25. The third-order valence-corrected chi connectivity index (χ3v) is 2.30. The summed E-state index contributed by atoms with van der Waals surface area (Å²) in [5, 5.41) is 0. The van der Waals surface area contributed by atoms with Crippen LogP contribution in [-0.4, -0.2) is 5.78 Å². The SMILES string of the molecule is O=C1C=[C]C2CCC1C2. The van der Waals surface area contributed by atoms with Crippen molar-refractivity contribution >= 4 is 5.78 Å². The molecule has 0 aromatic heterocycles. The first-order valence-corrected chi connectivity index (χ1v) is 3.49. The van der Waals surface area contributed by atoms with Crippen LogP contribution in [0.15, 0.2) is 6.08 Å². The van der Waals surface area contributed by atoms with Gasteiger partial charge in [-0.1, -0.05) is 0 Å². The molecular formula is C8H9O. The topological polar surface area (TPSA) is 17.1 Å². The molecule has 2 rings (SSSR count). The molecule has 0 saturated heterocycles. The molecular weight excluding hydrogens is 112 g/mol. The summed E-state index contributed by atoms with van der Waals surface area (Å²) < 4.78 is 0. The minimum atomic E-state index is 0.309. The predicted octanol–water partition coefficient (Wildman–Crippen LogP) is 1.34. The van der Waals surface area contributed by atoms with Crippen LogP contribution in [0.1, 0.15) is 19.3 Å². The second kappa shape index (κ2) is 1.69. The van der Waals surface area contributed by atoms with Gasteiger partial charge in [0.1, 0.15) is 0 Å². The molecule has 1 fully saturated rings. The van der Waals surface area contributed by atoms with Crippen molar-refractivity contribution in [2.24, 2.45) is 11.8 Å². The van der Waals surface area contributed by atoms with Crippen LogP contribution in [0.5, 0.6) is 0 Å². The highest BCUT2D eigenvalue weighted by molar-refractivity contribution is 5.92. The maximum atomic E-state index is 10.9. The molecule has 0 amide bonds. The van der Waals surface area contributed by atoms with Crippen molar-refractivity contribution in [3.8, 4) is 0 Å². The number of fused-ring (bicyclic) bond motifs is 2. The van der Waals surface area contributed by atoms with Crippen LogP contribution in [0.3, 0.4) is 0 Å². The molecule has 9 heavy (non-hydrogen) atoms. The van der Waals surface area contributed by atoms with Gasteiger partial charge in [-0.05, 0) is 37.3 Å². The standard InChI is InChI=1S/C8H9O/c9-8-4-2-6-1-3-7(8)5-6/h4,6-7H,1,3,5H2. The van der Waals surface area contributed by atoms with Crippen LogP contribution >= 0.6 is 0 Å². The smallest absolute Gasteiger partial charge is 0.159 e. The highest BCUT2D eigenvalue weighted by Crippen LogP contribution is 2.35. The summed E-state index contributed by atoms with van der Waals surface area (Å²) in [6.07, 6.45) is 8.10. The van der Waals surface area contributed by atoms with Crippen LogP contribution in [0.4, 0.5) is 0 Å². The monoisotopic (exact) mass is 121 g/mol. The Morgan fingerprint density at radius 1 is 1.56 bits per heavy atom. The van der Waals surface area contributed by atoms with Crippen molar-refractivity contribution in [3.63, 3.8) is 0 Å². The van der Waals surface area contributed by atoms with E-state index in [1.165, 1.54) is 6.42 Å². The maximum absolute atomic E-state index is 10.9. The van der Waals surface area contributed by atoms with Crippen molar-refractivity contribution < 1.29 is 4.79 Å². The van der Waals surface area contributed by atoms with E-state index in [0.717, 1.165) is 12.8 Å². The summed E-state index contributed by atoms with van der Waals surface area (Å²) in [5.41, 5.74) is 0. The first-order chi connectivity index (χ1) is 4.36. The van der Waals surface area contributed by atoms with Gasteiger partial charge in [0.25, 0.3) is 0 Å². The Morgan fingerprint density at radius 3 is 3.22 bits per heavy atom. The summed E-state index contributed by atoms with van der Waals surface area (Å²) >= 11 is 0. The Hall–Kier alpha value is -0.590. The van der Waals surface area contributed by atoms with Crippen LogP contribution in [0, 0.1) is 17.9 Å². The van der Waals surface area contributed by atoms with Crippen LogP contribution in [0.25, 0.3) is 0 Å². The van der Waals surface area contributed by atoms with Gasteiger partial charge in [0.2, 0.25) is 0 Å². The third kappa shape index (κ3) is 0.716. The van der Waals surface area contributed by atoms with Crippen molar-refractivity contribution in [3.05, 3.63) is 12.2 Å². The lowest BCUT2D eigenvalue weighted by Gasteiger charge is -2.08. The third-order valence-electron chi connectivity index (χ3n) is 2.30. The van der Waals surface area contributed by atoms with E-state index in [2.05, 4.69) is 6.08 Å². The molecule has 2 unspecified atom stereocenters. The lowest BCUT2D eigenvalue weighted by molar-refractivity contribution is -0.118. The minimum absolute atomic E-state index is 0.309. The zero-order valence-electron chi connectivity index (χ0n) is 5.26. The molecule has 47 valence electrons. The molecule has 0 N–H and O–H groups in total. The molecule has 0 aromatic rings. The Kier molecular flexibility index (Phi) is 0.981. The van der Waals surface area contributed by atoms with Gasteiger partial charge in [-0.3, -0.25) is 4.79 Å². The van der Waals surface area contributed by atoms with Gasteiger partial charge in [0, 0.05) is 5.92 Å². The van der Waals surface area contributed by atoms with E-state index in [1.54, 1.807) is 6.08 Å². The number of carbonyl (C=O) groups is 1. The van der Waals surface area contributed by atoms with E-state index in [9.17, 15) is 4.79 Å². The molecule has 0 aliphatic heterocycles. The zero-order chi connectivity index (χ0) is 6.27. The number of rotatable bonds is 0. The van der Waals surface area contributed by atoms with E-state index in [4.69, 9.17) is 0 Å². The fourth-order valence-corrected chi connectivity index (χ4v) is 1.71. The number of allylic oxidation sites excluding steroid dienone is 2. The molecule has 0 aromatic carbocycles. The van der Waals surface area contributed by atoms with E-state index in [1.807, 2.05) is 0 Å². The first-order valence-electron chi connectivity index (χ1n) is 3.49. The van der Waals surface area contributed by atoms with Crippen LogP contribution < -0.4 is 0 Å².